The number of rotatable bonds is 3. The standard InChI is InChI=1S/C10H18N2/c1-4-8-12(3)9-10(2)6-5-7-11-10/h1,11H,5-9H2,2-3H3. The first-order chi connectivity index (χ1) is 5.66. The van der Waals surface area contributed by atoms with Gasteiger partial charge in [0.2, 0.25) is 0 Å². The molecule has 1 saturated heterocycles. The van der Waals surface area contributed by atoms with Crippen LogP contribution in [0.1, 0.15) is 19.8 Å². The van der Waals surface area contributed by atoms with Crippen molar-refractivity contribution in [3.05, 3.63) is 0 Å². The molecular formula is C10H18N2. The zero-order valence-corrected chi connectivity index (χ0v) is 8.06. The Balaban J connectivity index is 2.34. The number of hydrogen-bond acceptors (Lipinski definition) is 2. The minimum Gasteiger partial charge on any atom is -0.310 e. The molecule has 0 spiro atoms. The summed E-state index contributed by atoms with van der Waals surface area (Å²) in [5.74, 6) is 2.66. The SMILES string of the molecule is C#CCN(C)CC1(C)CCCN1. The maximum Gasteiger partial charge on any atom is 0.0597 e. The molecule has 0 aromatic heterocycles. The summed E-state index contributed by atoms with van der Waals surface area (Å²) in [6.07, 6.45) is 7.79. The first-order valence-electron chi connectivity index (χ1n) is 4.53. The van der Waals surface area contributed by atoms with E-state index >= 15 is 0 Å². The summed E-state index contributed by atoms with van der Waals surface area (Å²) < 4.78 is 0. The van der Waals surface area contributed by atoms with Gasteiger partial charge >= 0.3 is 0 Å². The fourth-order valence-electron chi connectivity index (χ4n) is 1.90. The van der Waals surface area contributed by atoms with Gasteiger partial charge in [0.1, 0.15) is 0 Å². The van der Waals surface area contributed by atoms with E-state index in [2.05, 4.69) is 30.1 Å². The van der Waals surface area contributed by atoms with Crippen LogP contribution < -0.4 is 5.32 Å². The Hall–Kier alpha value is -0.520. The molecule has 1 aliphatic heterocycles. The Morgan fingerprint density at radius 1 is 1.67 bits per heavy atom. The molecule has 0 aromatic rings. The van der Waals surface area contributed by atoms with E-state index in [-0.39, 0.29) is 0 Å². The van der Waals surface area contributed by atoms with Crippen LogP contribution in [0.5, 0.6) is 0 Å². The minimum atomic E-state index is 0.297. The molecule has 1 fully saturated rings. The Labute approximate surface area is 75.3 Å². The highest BCUT2D eigenvalue weighted by molar-refractivity contribution is 4.94. The zero-order valence-electron chi connectivity index (χ0n) is 8.06. The van der Waals surface area contributed by atoms with Gasteiger partial charge in [-0.1, -0.05) is 5.92 Å². The predicted molar refractivity (Wildman–Crippen MR) is 52.0 cm³/mol. The van der Waals surface area contributed by atoms with Gasteiger partial charge in [0.25, 0.3) is 0 Å². The fraction of sp³-hybridized carbons (Fsp3) is 0.800. The van der Waals surface area contributed by atoms with Gasteiger partial charge in [0.05, 0.1) is 6.54 Å². The summed E-state index contributed by atoms with van der Waals surface area (Å²) in [7, 11) is 2.07. The van der Waals surface area contributed by atoms with Crippen LogP contribution in [0.15, 0.2) is 0 Å². The fourth-order valence-corrected chi connectivity index (χ4v) is 1.90. The van der Waals surface area contributed by atoms with Gasteiger partial charge < -0.3 is 5.32 Å². The predicted octanol–water partition coefficient (Wildman–Crippen LogP) is 0.694. The second kappa shape index (κ2) is 3.93. The van der Waals surface area contributed by atoms with Crippen molar-refractivity contribution in [2.45, 2.75) is 25.3 Å². The van der Waals surface area contributed by atoms with Crippen molar-refractivity contribution in [3.63, 3.8) is 0 Å². The van der Waals surface area contributed by atoms with E-state index < -0.39 is 0 Å². The van der Waals surface area contributed by atoms with Crippen LogP contribution >= 0.6 is 0 Å². The van der Waals surface area contributed by atoms with Gasteiger partial charge in [0, 0.05) is 12.1 Å². The molecule has 1 heterocycles. The van der Waals surface area contributed by atoms with E-state index in [4.69, 9.17) is 6.42 Å². The molecule has 1 N–H and O–H groups in total. The van der Waals surface area contributed by atoms with Crippen LogP contribution in [0, 0.1) is 12.3 Å². The van der Waals surface area contributed by atoms with Crippen LogP contribution in [-0.4, -0.2) is 37.1 Å². The third kappa shape index (κ3) is 2.51. The average Bonchev–Trinajstić information content (AvgIpc) is 2.36. The Kier molecular flexibility index (Phi) is 3.13. The van der Waals surface area contributed by atoms with Crippen molar-refractivity contribution in [3.8, 4) is 12.3 Å². The summed E-state index contributed by atoms with van der Waals surface area (Å²) >= 11 is 0. The van der Waals surface area contributed by atoms with Crippen LogP contribution in [0.2, 0.25) is 0 Å². The van der Waals surface area contributed by atoms with Crippen molar-refractivity contribution in [2.75, 3.05) is 26.7 Å². The lowest BCUT2D eigenvalue weighted by atomic mass is 10.00. The van der Waals surface area contributed by atoms with E-state index in [0.29, 0.717) is 5.54 Å². The van der Waals surface area contributed by atoms with Gasteiger partial charge in [-0.25, -0.2) is 0 Å². The molecule has 1 rings (SSSR count). The number of hydrogen-bond donors (Lipinski definition) is 1. The van der Waals surface area contributed by atoms with Crippen LogP contribution in [0.25, 0.3) is 0 Å². The van der Waals surface area contributed by atoms with E-state index in [1.807, 2.05) is 0 Å². The lowest BCUT2D eigenvalue weighted by Gasteiger charge is -2.29. The van der Waals surface area contributed by atoms with Gasteiger partial charge in [-0.3, -0.25) is 4.90 Å². The van der Waals surface area contributed by atoms with E-state index in [9.17, 15) is 0 Å². The topological polar surface area (TPSA) is 15.3 Å². The maximum atomic E-state index is 5.23. The van der Waals surface area contributed by atoms with E-state index in [0.717, 1.165) is 19.6 Å². The molecule has 0 aliphatic carbocycles. The number of likely N-dealkylation sites (N-methyl/N-ethyl adjacent to an activating group) is 1. The first kappa shape index (κ1) is 9.57. The van der Waals surface area contributed by atoms with Gasteiger partial charge in [-0.2, -0.15) is 0 Å². The molecule has 0 radical (unpaired) electrons. The van der Waals surface area contributed by atoms with Crippen molar-refractivity contribution >= 4 is 0 Å². The van der Waals surface area contributed by atoms with Gasteiger partial charge in [0.15, 0.2) is 0 Å². The molecule has 1 aliphatic rings. The molecule has 68 valence electrons. The van der Waals surface area contributed by atoms with Gasteiger partial charge in [-0.05, 0) is 33.4 Å². The van der Waals surface area contributed by atoms with Crippen molar-refractivity contribution in [2.24, 2.45) is 0 Å². The Morgan fingerprint density at radius 3 is 2.92 bits per heavy atom. The molecule has 12 heavy (non-hydrogen) atoms. The molecule has 1 unspecified atom stereocenters. The summed E-state index contributed by atoms with van der Waals surface area (Å²) in [6.45, 7) is 5.22. The van der Waals surface area contributed by atoms with E-state index in [1.54, 1.807) is 0 Å². The summed E-state index contributed by atoms with van der Waals surface area (Å²) in [5.41, 5.74) is 0.297. The number of nitrogens with zero attached hydrogens (tertiary/aromatic N) is 1. The maximum absolute atomic E-state index is 5.23. The summed E-state index contributed by atoms with van der Waals surface area (Å²) in [6, 6.07) is 0. The minimum absolute atomic E-state index is 0.297. The normalized spacial score (nSPS) is 29.2. The molecular weight excluding hydrogens is 148 g/mol. The molecule has 0 aromatic carbocycles. The van der Waals surface area contributed by atoms with Crippen LogP contribution in [0.3, 0.4) is 0 Å². The largest absolute Gasteiger partial charge is 0.310 e. The smallest absolute Gasteiger partial charge is 0.0597 e. The highest BCUT2D eigenvalue weighted by atomic mass is 15.1. The van der Waals surface area contributed by atoms with Crippen LogP contribution in [-0.2, 0) is 0 Å². The average molecular weight is 166 g/mol. The highest BCUT2D eigenvalue weighted by Gasteiger charge is 2.28. The third-order valence-electron chi connectivity index (χ3n) is 2.44. The lowest BCUT2D eigenvalue weighted by Crippen LogP contribution is -2.46. The van der Waals surface area contributed by atoms with Crippen molar-refractivity contribution in [1.29, 1.82) is 0 Å². The summed E-state index contributed by atoms with van der Waals surface area (Å²) in [4.78, 5) is 2.19. The first-order valence-corrected chi connectivity index (χ1v) is 4.53. The molecule has 0 amide bonds. The van der Waals surface area contributed by atoms with Crippen LogP contribution in [0.4, 0.5) is 0 Å². The molecule has 0 bridgehead atoms. The molecule has 1 atom stereocenters. The monoisotopic (exact) mass is 166 g/mol. The summed E-state index contributed by atoms with van der Waals surface area (Å²) in [5, 5.41) is 3.51. The Morgan fingerprint density at radius 2 is 2.42 bits per heavy atom. The van der Waals surface area contributed by atoms with Crippen molar-refractivity contribution < 1.29 is 0 Å². The second-order valence-corrected chi connectivity index (χ2v) is 3.97. The number of terminal acetylenes is 1. The van der Waals surface area contributed by atoms with Crippen molar-refractivity contribution in [1.82, 2.24) is 10.2 Å². The molecule has 2 nitrogen and oxygen atoms in total. The highest BCUT2D eigenvalue weighted by Crippen LogP contribution is 2.18. The quantitative estimate of drug-likeness (QED) is 0.621. The lowest BCUT2D eigenvalue weighted by molar-refractivity contribution is 0.260. The van der Waals surface area contributed by atoms with E-state index in [1.165, 1.54) is 12.8 Å². The molecule has 0 saturated carbocycles. The molecule has 2 heteroatoms. The van der Waals surface area contributed by atoms with Gasteiger partial charge in [-0.15, -0.1) is 6.42 Å². The zero-order chi connectivity index (χ0) is 9.03. The Bertz CT molecular complexity index is 175. The third-order valence-corrected chi connectivity index (χ3v) is 2.44. The number of nitrogens with one attached hydrogen (secondary N) is 1. The second-order valence-electron chi connectivity index (χ2n) is 3.97.